The number of ketones is 1. The molecule has 0 aromatic rings. The average Bonchev–Trinajstić information content (AvgIpc) is 2.35. The first-order chi connectivity index (χ1) is 8.40. The number of carbonyl (C=O) groups is 4. The molecule has 1 unspecified atom stereocenters. The van der Waals surface area contributed by atoms with Crippen LogP contribution in [0.3, 0.4) is 0 Å². The molecule has 18 heavy (non-hydrogen) atoms. The van der Waals surface area contributed by atoms with Gasteiger partial charge in [0.2, 0.25) is 11.7 Å². The summed E-state index contributed by atoms with van der Waals surface area (Å²) >= 11 is 0.802. The van der Waals surface area contributed by atoms with E-state index in [-0.39, 0.29) is 11.2 Å². The molecule has 0 aliphatic heterocycles. The fourth-order valence-corrected chi connectivity index (χ4v) is 1.68. The van der Waals surface area contributed by atoms with Crippen molar-refractivity contribution < 1.29 is 23.9 Å². The summed E-state index contributed by atoms with van der Waals surface area (Å²) in [5.74, 6) is -1.64. The van der Waals surface area contributed by atoms with Crippen LogP contribution in [0.15, 0.2) is 0 Å². The molecule has 0 aliphatic rings. The van der Waals surface area contributed by atoms with Crippen LogP contribution in [0, 0.1) is 0 Å². The first-order valence-electron chi connectivity index (χ1n) is 5.48. The summed E-state index contributed by atoms with van der Waals surface area (Å²) in [7, 11) is 1.15. The predicted octanol–water partition coefficient (Wildman–Crippen LogP) is 0.293. The van der Waals surface area contributed by atoms with E-state index in [0.29, 0.717) is 13.0 Å². The van der Waals surface area contributed by atoms with E-state index >= 15 is 0 Å². The lowest BCUT2D eigenvalue weighted by Gasteiger charge is -2.10. The van der Waals surface area contributed by atoms with Gasteiger partial charge in [-0.05, 0) is 0 Å². The Hall–Kier alpha value is -1.37. The fourth-order valence-electron chi connectivity index (χ4n) is 0.948. The minimum absolute atomic E-state index is 0.115. The van der Waals surface area contributed by atoms with Crippen molar-refractivity contribution in [3.8, 4) is 0 Å². The average molecular weight is 275 g/mol. The Labute approximate surface area is 110 Å². The fraction of sp³-hybridized carbons (Fsp3) is 0.636. The molecule has 0 fully saturated rings. The van der Waals surface area contributed by atoms with Crippen LogP contribution in [-0.4, -0.2) is 41.7 Å². The monoisotopic (exact) mass is 275 g/mol. The number of ether oxygens (including phenoxy) is 1. The van der Waals surface area contributed by atoms with Crippen LogP contribution < -0.4 is 5.32 Å². The number of methoxy groups -OCH3 is 1. The van der Waals surface area contributed by atoms with Gasteiger partial charge in [0.05, 0.1) is 7.11 Å². The van der Waals surface area contributed by atoms with E-state index in [1.165, 1.54) is 0 Å². The van der Waals surface area contributed by atoms with Gasteiger partial charge in [-0.2, -0.15) is 0 Å². The zero-order valence-corrected chi connectivity index (χ0v) is 11.5. The molecule has 0 aromatic carbocycles. The zero-order valence-electron chi connectivity index (χ0n) is 10.6. The van der Waals surface area contributed by atoms with Crippen molar-refractivity contribution in [2.75, 3.05) is 13.7 Å². The first kappa shape index (κ1) is 16.6. The second kappa shape index (κ2) is 8.68. The van der Waals surface area contributed by atoms with Gasteiger partial charge in [-0.3, -0.25) is 19.2 Å². The third-order valence-electron chi connectivity index (χ3n) is 1.98. The molecule has 0 heterocycles. The lowest BCUT2D eigenvalue weighted by molar-refractivity contribution is -0.145. The molecule has 0 spiro atoms. The van der Waals surface area contributed by atoms with Crippen molar-refractivity contribution >= 4 is 34.5 Å². The van der Waals surface area contributed by atoms with E-state index in [2.05, 4.69) is 10.1 Å². The summed E-state index contributed by atoms with van der Waals surface area (Å²) in [5, 5.41) is 1.69. The van der Waals surface area contributed by atoms with Crippen molar-refractivity contribution in [3.63, 3.8) is 0 Å². The quantitative estimate of drug-likeness (QED) is 0.408. The highest BCUT2D eigenvalue weighted by atomic mass is 32.2. The number of hydrogen-bond donors (Lipinski definition) is 1. The smallest absolute Gasteiger partial charge is 0.313 e. The van der Waals surface area contributed by atoms with Gasteiger partial charge in [0.1, 0.15) is 6.42 Å². The summed E-state index contributed by atoms with van der Waals surface area (Å²) in [4.78, 5) is 44.5. The van der Waals surface area contributed by atoms with Gasteiger partial charge in [0.15, 0.2) is 0 Å². The Morgan fingerprint density at radius 3 is 2.39 bits per heavy atom. The highest BCUT2D eigenvalue weighted by molar-refractivity contribution is 8.15. The molecule has 1 amide bonds. The van der Waals surface area contributed by atoms with Crippen molar-refractivity contribution in [1.29, 1.82) is 0 Å². The van der Waals surface area contributed by atoms with Crippen molar-refractivity contribution in [1.82, 2.24) is 5.32 Å². The van der Waals surface area contributed by atoms with Gasteiger partial charge < -0.3 is 10.1 Å². The number of nitrogens with one attached hydrogen (secondary N) is 1. The third-order valence-corrected chi connectivity index (χ3v) is 2.99. The highest BCUT2D eigenvalue weighted by Gasteiger charge is 2.21. The van der Waals surface area contributed by atoms with Gasteiger partial charge in [0, 0.05) is 18.2 Å². The summed E-state index contributed by atoms with van der Waals surface area (Å²) < 4.78 is 4.29. The number of hydrogen-bond acceptors (Lipinski definition) is 6. The Morgan fingerprint density at radius 2 is 1.89 bits per heavy atom. The lowest BCUT2D eigenvalue weighted by Crippen LogP contribution is -2.30. The van der Waals surface area contributed by atoms with E-state index in [4.69, 9.17) is 0 Å². The maximum atomic E-state index is 11.4. The van der Waals surface area contributed by atoms with Gasteiger partial charge >= 0.3 is 5.97 Å². The predicted molar refractivity (Wildman–Crippen MR) is 67.0 cm³/mol. The lowest BCUT2D eigenvalue weighted by atomic mass is 10.3. The van der Waals surface area contributed by atoms with Crippen LogP contribution in [0.1, 0.15) is 26.7 Å². The number of Topliss-reactive ketones (excluding diaryl/α,β-unsaturated/α-hetero) is 1. The molecule has 0 radical (unpaired) electrons. The summed E-state index contributed by atoms with van der Waals surface area (Å²) in [6.45, 7) is 3.73. The van der Waals surface area contributed by atoms with E-state index < -0.39 is 23.3 Å². The third kappa shape index (κ3) is 7.05. The first-order valence-corrected chi connectivity index (χ1v) is 6.36. The number of esters is 1. The summed E-state index contributed by atoms with van der Waals surface area (Å²) in [5.41, 5.74) is 0. The Bertz CT molecular complexity index is 342. The number of thioether (sulfide) groups is 1. The van der Waals surface area contributed by atoms with E-state index in [1.54, 1.807) is 13.8 Å². The van der Waals surface area contributed by atoms with E-state index in [0.717, 1.165) is 18.9 Å². The zero-order chi connectivity index (χ0) is 14.1. The second-order valence-electron chi connectivity index (χ2n) is 3.55. The molecule has 1 N–H and O–H groups in total. The number of amides is 1. The minimum Gasteiger partial charge on any atom is -0.469 e. The van der Waals surface area contributed by atoms with Crippen molar-refractivity contribution in [3.05, 3.63) is 0 Å². The summed E-state index contributed by atoms with van der Waals surface area (Å²) in [6.07, 6.45) is -0.178. The Kier molecular flexibility index (Phi) is 8.02. The van der Waals surface area contributed by atoms with Gasteiger partial charge in [0.25, 0.3) is 5.12 Å². The van der Waals surface area contributed by atoms with Gasteiger partial charge in [-0.25, -0.2) is 0 Å². The van der Waals surface area contributed by atoms with Gasteiger partial charge in [-0.15, -0.1) is 0 Å². The molecule has 0 saturated carbocycles. The van der Waals surface area contributed by atoms with Crippen LogP contribution in [0.4, 0.5) is 0 Å². The number of carbonyl (C=O) groups excluding carboxylic acids is 4. The van der Waals surface area contributed by atoms with Crippen LogP contribution in [0.2, 0.25) is 0 Å². The standard InChI is InChI=1S/C11H17NO5S/c1-4-9(14)12-6-7(2)18-11(16)8(13)5-10(15)17-3/h7H,4-6H2,1-3H3,(H,12,14). The molecular weight excluding hydrogens is 258 g/mol. The maximum Gasteiger partial charge on any atom is 0.313 e. The van der Waals surface area contributed by atoms with Crippen molar-refractivity contribution in [2.45, 2.75) is 31.9 Å². The molecule has 1 atom stereocenters. The second-order valence-corrected chi connectivity index (χ2v) is 4.96. The summed E-state index contributed by atoms with van der Waals surface area (Å²) in [6, 6.07) is 0. The molecule has 0 aromatic heterocycles. The topological polar surface area (TPSA) is 89.5 Å². The van der Waals surface area contributed by atoms with Crippen LogP contribution in [-0.2, 0) is 23.9 Å². The molecule has 0 aliphatic carbocycles. The largest absolute Gasteiger partial charge is 0.469 e. The molecule has 0 rings (SSSR count). The Balaban J connectivity index is 4.03. The SMILES string of the molecule is CCC(=O)NCC(C)SC(=O)C(=O)CC(=O)OC. The normalized spacial score (nSPS) is 11.5. The highest BCUT2D eigenvalue weighted by Crippen LogP contribution is 2.12. The van der Waals surface area contributed by atoms with E-state index in [9.17, 15) is 19.2 Å². The van der Waals surface area contributed by atoms with Crippen LogP contribution in [0.5, 0.6) is 0 Å². The van der Waals surface area contributed by atoms with E-state index in [1.807, 2.05) is 0 Å². The Morgan fingerprint density at radius 1 is 1.28 bits per heavy atom. The molecule has 0 saturated heterocycles. The molecule has 0 bridgehead atoms. The minimum atomic E-state index is -0.791. The van der Waals surface area contributed by atoms with Crippen LogP contribution in [0.25, 0.3) is 0 Å². The molecular formula is C11H17NO5S. The van der Waals surface area contributed by atoms with Gasteiger partial charge in [-0.1, -0.05) is 25.6 Å². The number of rotatable bonds is 7. The van der Waals surface area contributed by atoms with Crippen molar-refractivity contribution in [2.24, 2.45) is 0 Å². The maximum absolute atomic E-state index is 11.4. The van der Waals surface area contributed by atoms with Crippen LogP contribution >= 0.6 is 11.8 Å². The molecule has 7 heteroatoms. The molecule has 102 valence electrons. The molecule has 6 nitrogen and oxygen atoms in total.